The fourth-order valence-corrected chi connectivity index (χ4v) is 1.64. The van der Waals surface area contributed by atoms with Crippen molar-refractivity contribution in [3.8, 4) is 11.3 Å². The van der Waals surface area contributed by atoms with E-state index in [0.717, 1.165) is 12.3 Å². The Hall–Kier alpha value is -1.89. The van der Waals surface area contributed by atoms with Gasteiger partial charge >= 0.3 is 0 Å². The monoisotopic (exact) mass is 294 g/mol. The van der Waals surface area contributed by atoms with Gasteiger partial charge in [-0.15, -0.1) is 0 Å². The summed E-state index contributed by atoms with van der Waals surface area (Å²) in [5, 5.41) is 0.0603. The summed E-state index contributed by atoms with van der Waals surface area (Å²) < 4.78 is 66.0. The zero-order chi connectivity index (χ0) is 14.3. The van der Waals surface area contributed by atoms with Crippen molar-refractivity contribution in [3.63, 3.8) is 0 Å². The van der Waals surface area contributed by atoms with E-state index in [2.05, 4.69) is 4.98 Å². The molecular weight excluding hydrogens is 291 g/mol. The van der Waals surface area contributed by atoms with Crippen molar-refractivity contribution < 1.29 is 22.0 Å². The second-order valence-electron chi connectivity index (χ2n) is 3.54. The Bertz CT molecular complexity index is 646. The molecule has 0 saturated carbocycles. The average molecular weight is 295 g/mol. The minimum absolute atomic E-state index is 0.0603. The second kappa shape index (κ2) is 4.65. The van der Waals surface area contributed by atoms with Gasteiger partial charge in [-0.1, -0.05) is 11.6 Å². The van der Waals surface area contributed by atoms with E-state index in [-0.39, 0.29) is 10.7 Å². The summed E-state index contributed by atoms with van der Waals surface area (Å²) in [5.41, 5.74) is 3.34. The molecule has 0 bridgehead atoms. The lowest BCUT2D eigenvalue weighted by molar-refractivity contribution is 0.381. The van der Waals surface area contributed by atoms with Crippen molar-refractivity contribution in [3.05, 3.63) is 46.4 Å². The quantitative estimate of drug-likeness (QED) is 0.495. The third-order valence-corrected chi connectivity index (χ3v) is 2.54. The summed E-state index contributed by atoms with van der Waals surface area (Å²) in [5.74, 6) is -10.4. The molecule has 0 saturated heterocycles. The van der Waals surface area contributed by atoms with Crippen LogP contribution in [0.25, 0.3) is 11.3 Å². The molecule has 0 fully saturated rings. The van der Waals surface area contributed by atoms with Crippen LogP contribution in [0.4, 0.5) is 27.6 Å². The number of benzene rings is 1. The van der Waals surface area contributed by atoms with Crippen LogP contribution in [0.5, 0.6) is 0 Å². The van der Waals surface area contributed by atoms with Crippen LogP contribution in [0.2, 0.25) is 5.02 Å². The molecule has 1 heterocycles. The molecule has 0 aliphatic heterocycles. The van der Waals surface area contributed by atoms with Gasteiger partial charge in [0.05, 0.1) is 22.0 Å². The van der Waals surface area contributed by atoms with Crippen LogP contribution >= 0.6 is 11.6 Å². The maximum atomic E-state index is 13.5. The standard InChI is InChI=1S/C11H4ClF5N2/c12-3-1-4(18)11(19-2-3)5-6(13)8(15)10(17)9(16)7(5)14/h1-2H,18H2. The number of aromatic nitrogens is 1. The molecule has 8 heteroatoms. The highest BCUT2D eigenvalue weighted by molar-refractivity contribution is 6.30. The Morgan fingerprint density at radius 1 is 0.895 bits per heavy atom. The molecule has 2 N–H and O–H groups in total. The molecule has 0 spiro atoms. The van der Waals surface area contributed by atoms with E-state index in [4.69, 9.17) is 17.3 Å². The van der Waals surface area contributed by atoms with Crippen LogP contribution < -0.4 is 5.73 Å². The van der Waals surface area contributed by atoms with E-state index < -0.39 is 40.3 Å². The van der Waals surface area contributed by atoms with Gasteiger partial charge in [0.1, 0.15) is 0 Å². The van der Waals surface area contributed by atoms with Gasteiger partial charge in [-0.2, -0.15) is 0 Å². The zero-order valence-corrected chi connectivity index (χ0v) is 9.70. The lowest BCUT2D eigenvalue weighted by Crippen LogP contribution is -2.06. The van der Waals surface area contributed by atoms with Crippen LogP contribution in [0.1, 0.15) is 0 Å². The molecule has 1 aromatic heterocycles. The van der Waals surface area contributed by atoms with Crippen molar-refractivity contribution in [1.29, 1.82) is 0 Å². The van der Waals surface area contributed by atoms with Gasteiger partial charge in [0.15, 0.2) is 23.3 Å². The molecule has 0 amide bonds. The van der Waals surface area contributed by atoms with E-state index in [1.165, 1.54) is 0 Å². The summed E-state index contributed by atoms with van der Waals surface area (Å²) in [7, 11) is 0. The largest absolute Gasteiger partial charge is 0.397 e. The number of hydrogen-bond acceptors (Lipinski definition) is 2. The van der Waals surface area contributed by atoms with Crippen LogP contribution in [-0.2, 0) is 0 Å². The summed E-state index contributed by atoms with van der Waals surface area (Å²) >= 11 is 5.53. The van der Waals surface area contributed by atoms with E-state index in [0.29, 0.717) is 0 Å². The molecule has 19 heavy (non-hydrogen) atoms. The highest BCUT2D eigenvalue weighted by atomic mass is 35.5. The number of nitrogens with two attached hydrogens (primary N) is 1. The first-order valence-electron chi connectivity index (χ1n) is 4.77. The molecular formula is C11H4ClF5N2. The van der Waals surface area contributed by atoms with Crippen LogP contribution in [0.3, 0.4) is 0 Å². The molecule has 1 aromatic carbocycles. The minimum atomic E-state index is -2.24. The summed E-state index contributed by atoms with van der Waals surface area (Å²) in [6, 6.07) is 1.09. The number of halogens is 6. The first-order valence-corrected chi connectivity index (χ1v) is 5.15. The molecule has 0 radical (unpaired) electrons. The lowest BCUT2D eigenvalue weighted by atomic mass is 10.1. The van der Waals surface area contributed by atoms with Gasteiger partial charge < -0.3 is 5.73 Å². The Balaban J connectivity index is 2.83. The van der Waals surface area contributed by atoms with Gasteiger partial charge in [-0.05, 0) is 6.07 Å². The number of anilines is 1. The fourth-order valence-electron chi connectivity index (χ4n) is 1.48. The van der Waals surface area contributed by atoms with Crippen molar-refractivity contribution in [2.24, 2.45) is 0 Å². The Morgan fingerprint density at radius 3 is 1.84 bits per heavy atom. The Kier molecular flexibility index (Phi) is 3.32. The minimum Gasteiger partial charge on any atom is -0.397 e. The Morgan fingerprint density at radius 2 is 1.37 bits per heavy atom. The Labute approximate surface area is 108 Å². The van der Waals surface area contributed by atoms with Crippen molar-refractivity contribution in [2.45, 2.75) is 0 Å². The fraction of sp³-hybridized carbons (Fsp3) is 0. The van der Waals surface area contributed by atoms with Gasteiger partial charge in [-0.25, -0.2) is 22.0 Å². The van der Waals surface area contributed by atoms with Gasteiger partial charge in [-0.3, -0.25) is 4.98 Å². The maximum Gasteiger partial charge on any atom is 0.200 e. The van der Waals surface area contributed by atoms with Gasteiger partial charge in [0.25, 0.3) is 0 Å². The highest BCUT2D eigenvalue weighted by Crippen LogP contribution is 2.33. The number of rotatable bonds is 1. The average Bonchev–Trinajstić information content (AvgIpc) is 2.37. The molecule has 0 atom stereocenters. The number of hydrogen-bond donors (Lipinski definition) is 1. The number of nitrogen functional groups attached to an aromatic ring is 1. The second-order valence-corrected chi connectivity index (χ2v) is 3.97. The van der Waals surface area contributed by atoms with E-state index in [1.807, 2.05) is 0 Å². The lowest BCUT2D eigenvalue weighted by Gasteiger charge is -2.09. The van der Waals surface area contributed by atoms with E-state index >= 15 is 0 Å². The van der Waals surface area contributed by atoms with Crippen molar-refractivity contribution in [1.82, 2.24) is 4.98 Å². The predicted octanol–water partition coefficient (Wildman–Crippen LogP) is 3.68. The predicted molar refractivity (Wildman–Crippen MR) is 58.9 cm³/mol. The number of pyridine rings is 1. The highest BCUT2D eigenvalue weighted by Gasteiger charge is 2.28. The number of nitrogens with zero attached hydrogens (tertiary/aromatic N) is 1. The molecule has 2 aromatic rings. The summed E-state index contributed by atoms with van der Waals surface area (Å²) in [6.45, 7) is 0. The molecule has 0 aliphatic rings. The van der Waals surface area contributed by atoms with Crippen LogP contribution in [-0.4, -0.2) is 4.98 Å². The first kappa shape index (κ1) is 13.5. The van der Waals surface area contributed by atoms with Crippen LogP contribution in [0, 0.1) is 29.1 Å². The topological polar surface area (TPSA) is 38.9 Å². The molecule has 0 unspecified atom stereocenters. The maximum absolute atomic E-state index is 13.5. The van der Waals surface area contributed by atoms with E-state index in [9.17, 15) is 22.0 Å². The van der Waals surface area contributed by atoms with Crippen molar-refractivity contribution in [2.75, 3.05) is 5.73 Å². The molecule has 2 rings (SSSR count). The van der Waals surface area contributed by atoms with Gasteiger partial charge in [0, 0.05) is 6.20 Å². The summed E-state index contributed by atoms with van der Waals surface area (Å²) in [6.07, 6.45) is 0.977. The van der Waals surface area contributed by atoms with E-state index in [1.54, 1.807) is 0 Å². The normalized spacial score (nSPS) is 10.8. The van der Waals surface area contributed by atoms with Crippen molar-refractivity contribution >= 4 is 17.3 Å². The summed E-state index contributed by atoms with van der Waals surface area (Å²) in [4.78, 5) is 3.49. The third-order valence-electron chi connectivity index (χ3n) is 2.33. The SMILES string of the molecule is Nc1cc(Cl)cnc1-c1c(F)c(F)c(F)c(F)c1F. The van der Waals surface area contributed by atoms with Crippen LogP contribution in [0.15, 0.2) is 12.3 Å². The molecule has 0 aliphatic carbocycles. The smallest absolute Gasteiger partial charge is 0.200 e. The third kappa shape index (κ3) is 2.10. The first-order chi connectivity index (χ1) is 8.84. The van der Waals surface area contributed by atoms with Gasteiger partial charge in [0.2, 0.25) is 5.82 Å². The zero-order valence-electron chi connectivity index (χ0n) is 8.95. The molecule has 100 valence electrons. The molecule has 2 nitrogen and oxygen atoms in total.